The SMILES string of the molecule is C.C.CC(=NCS(=O)(=O)c1ccc(C)cc1)C1CCCCC1.CC(=O)C1CCCCC1.CC(C(=O)c1c(Cl)ccc2cncn12)C1CCCCC1.CC(C1CCCCC1)C(O)c1c(Cl)ccc2cncn12.CO.Cc1ccc(S(=O)(=O)CN)cc1.O=CO[O-].O=Cc1c(Cl)ccc2cncn12.[B].[Cs+].[Cs+].[H-].[H-].[Li+]. The number of pyridine rings is 3. The molecule has 4 fully saturated rings. The molecule has 563 valence electrons. The molecule has 2 aromatic carbocycles. The summed E-state index contributed by atoms with van der Waals surface area (Å²) in [5.41, 5.74) is 12.7. The van der Waals surface area contributed by atoms with Gasteiger partial charge in [-0.25, -0.2) is 31.8 Å². The second-order valence-corrected chi connectivity index (χ2v) is 30.7. The number of halogens is 3. The van der Waals surface area contributed by atoms with Crippen LogP contribution in [0.15, 0.2) is 137 Å². The van der Waals surface area contributed by atoms with E-state index in [2.05, 4.69) is 31.8 Å². The van der Waals surface area contributed by atoms with E-state index in [-0.39, 0.29) is 224 Å². The summed E-state index contributed by atoms with van der Waals surface area (Å²) in [4.78, 5) is 62.7. The van der Waals surface area contributed by atoms with Gasteiger partial charge in [0.05, 0.1) is 90.8 Å². The Kier molecular flexibility index (Phi) is 55.5. The Balaban J connectivity index is -0.000000587. The first kappa shape index (κ1) is 105. The molecule has 0 saturated heterocycles. The van der Waals surface area contributed by atoms with Crippen LogP contribution in [-0.4, -0.2) is 113 Å². The Labute approximate surface area is 773 Å². The number of nitrogens with zero attached hydrogens (tertiary/aromatic N) is 7. The van der Waals surface area contributed by atoms with E-state index in [0.29, 0.717) is 60.8 Å². The van der Waals surface area contributed by atoms with Gasteiger partial charge < -0.3 is 28.9 Å². The number of carbonyl (C=O) groups is 4. The maximum atomic E-state index is 12.8. The third-order valence-electron chi connectivity index (χ3n) is 18.8. The molecule has 29 heteroatoms. The third kappa shape index (κ3) is 33.3. The Morgan fingerprint density at radius 1 is 0.610 bits per heavy atom. The van der Waals surface area contributed by atoms with Crippen molar-refractivity contribution in [3.8, 4) is 0 Å². The van der Waals surface area contributed by atoms with Gasteiger partial charge in [-0.1, -0.05) is 189 Å². The minimum atomic E-state index is -3.30. The molecule has 105 heavy (non-hydrogen) atoms. The largest absolute Gasteiger partial charge is 1.00 e. The molecular formula is C76H108BCl3Cs2LiN8O12S2. The van der Waals surface area contributed by atoms with Crippen molar-refractivity contribution < 1.29 is 216 Å². The molecule has 4 aliphatic carbocycles. The van der Waals surface area contributed by atoms with Gasteiger partial charge in [-0.3, -0.25) is 37.4 Å². The summed E-state index contributed by atoms with van der Waals surface area (Å²) in [5, 5.41) is 27.8. The standard InChI is InChI=1S/C16H21ClN2O.C16H19ClN2O.C16H23NO2S.C8H5ClN2O.C8H11NO2S.C8H14O.CH2O3.CH4O.2CH4.B.2Cs.Li.2H/c2*1-11(12-5-3-2-4-6-12)16(20)15-14(17)8-7-13-9-18-10-19(13)15;1-13-8-10-16(11-9-13)20(18,19)12-17-14(2)15-6-4-3-5-7-15;9-7-2-1-6-3-10-5-11(6)8(7)4-12;1-7-2-4-8(5-3-7)12(10,11)6-9;1-7(9)8-5-3-2-4-6-8;2-1-4-3;1-2;;;;;;;;/h7-12,16,20H,2-6H2,1H3;7-12H,2-6H2,1H3;8-11,15H,3-7,12H2,1-2H3;1-5H;2-5H,6,9H2,1H3;8H,2-6H2,1H3;1,3H;2H,1H3;2*1H4;;;;;;/q;;;;;;;;;;;3*+1;2*-1/p-1. The predicted molar refractivity (Wildman–Crippen MR) is 411 cm³/mol. The number of sulfone groups is 2. The Hall–Kier alpha value is -1.96. The van der Waals surface area contributed by atoms with Crippen molar-refractivity contribution >= 4 is 109 Å². The van der Waals surface area contributed by atoms with Gasteiger partial charge in [-0.15, -0.1) is 0 Å². The molecule has 6 aromatic heterocycles. The van der Waals surface area contributed by atoms with Crippen LogP contribution in [-0.2, 0) is 34.2 Å². The maximum absolute atomic E-state index is 12.8. The van der Waals surface area contributed by atoms with Crippen molar-refractivity contribution in [2.24, 2.45) is 46.2 Å². The minimum Gasteiger partial charge on any atom is -1.00 e. The fraction of sp³-hybridized carbons (Fsp3) is 0.500. The van der Waals surface area contributed by atoms with Crippen molar-refractivity contribution in [2.45, 2.75) is 201 Å². The topological polar surface area (TPSA) is 300 Å². The summed E-state index contributed by atoms with van der Waals surface area (Å²) in [7, 11) is -5.54. The number of aliphatic imine (C=N–C) groups is 1. The normalized spacial score (nSPS) is 15.4. The molecule has 20 nitrogen and oxygen atoms in total. The average Bonchev–Trinajstić information content (AvgIpc) is 1.46. The summed E-state index contributed by atoms with van der Waals surface area (Å²) in [6.45, 7) is 11.6. The maximum Gasteiger partial charge on any atom is 1.00 e. The van der Waals surface area contributed by atoms with E-state index in [1.54, 1.807) is 97.4 Å². The molecule has 0 spiro atoms. The van der Waals surface area contributed by atoms with Crippen molar-refractivity contribution in [2.75, 3.05) is 18.9 Å². The smallest absolute Gasteiger partial charge is 1.00 e. The van der Waals surface area contributed by atoms with E-state index in [1.807, 2.05) is 72.9 Å². The van der Waals surface area contributed by atoms with Crippen LogP contribution in [0.1, 0.15) is 218 Å². The molecule has 3 unspecified atom stereocenters. The quantitative estimate of drug-likeness (QED) is 0.0228. The number of aliphatic hydroxyl groups is 2. The molecule has 0 amide bonds. The zero-order valence-electron chi connectivity index (χ0n) is 63.5. The summed E-state index contributed by atoms with van der Waals surface area (Å²) < 4.78 is 52.2. The van der Waals surface area contributed by atoms with Crippen LogP contribution in [0.2, 0.25) is 15.1 Å². The number of imidazole rings is 3. The van der Waals surface area contributed by atoms with Gasteiger partial charge in [0.1, 0.15) is 28.9 Å². The molecule has 3 radical (unpaired) electrons. The summed E-state index contributed by atoms with van der Waals surface area (Å²) in [6.07, 6.45) is 35.0. The summed E-state index contributed by atoms with van der Waals surface area (Å²) in [5.74, 6) is 2.31. The molecule has 0 aliphatic heterocycles. The number of aromatic nitrogens is 6. The first-order valence-corrected chi connectivity index (χ1v) is 38.4. The zero-order valence-corrected chi connectivity index (χ0v) is 78.0. The first-order valence-electron chi connectivity index (χ1n) is 33.9. The van der Waals surface area contributed by atoms with E-state index in [1.165, 1.54) is 89.9 Å². The number of aliphatic hydroxyl groups excluding tert-OH is 2. The van der Waals surface area contributed by atoms with Gasteiger partial charge >= 0.3 is 157 Å². The second-order valence-electron chi connectivity index (χ2n) is 25.5. The number of benzene rings is 2. The third-order valence-corrected chi connectivity index (χ3v) is 22.7. The number of carbonyl (C=O) groups excluding carboxylic acids is 4. The summed E-state index contributed by atoms with van der Waals surface area (Å²) in [6, 6.07) is 24.6. The van der Waals surface area contributed by atoms with Crippen molar-refractivity contribution in [3.05, 3.63) is 166 Å². The van der Waals surface area contributed by atoms with E-state index in [9.17, 15) is 36.3 Å². The Bertz CT molecular complexity index is 4090. The van der Waals surface area contributed by atoms with Crippen LogP contribution >= 0.6 is 34.8 Å². The number of nitrogens with two attached hydrogens (primary N) is 1. The van der Waals surface area contributed by atoms with E-state index in [4.69, 9.17) is 55.7 Å². The average molecular weight is 1780 g/mol. The van der Waals surface area contributed by atoms with Gasteiger partial charge in [0, 0.05) is 33.1 Å². The number of aryl methyl sites for hydroxylation is 2. The Morgan fingerprint density at radius 3 is 1.42 bits per heavy atom. The van der Waals surface area contributed by atoms with E-state index < -0.39 is 25.8 Å². The number of hydrogen-bond acceptors (Lipinski definition) is 17. The molecule has 3 atom stereocenters. The van der Waals surface area contributed by atoms with Crippen LogP contribution in [0.5, 0.6) is 0 Å². The van der Waals surface area contributed by atoms with Crippen molar-refractivity contribution in [3.63, 3.8) is 0 Å². The fourth-order valence-corrected chi connectivity index (χ4v) is 15.3. The van der Waals surface area contributed by atoms with Crippen LogP contribution in [0, 0.1) is 49.4 Å². The van der Waals surface area contributed by atoms with Crippen LogP contribution in [0.4, 0.5) is 0 Å². The van der Waals surface area contributed by atoms with E-state index in [0.717, 1.165) is 91.0 Å². The first-order chi connectivity index (χ1) is 47.5. The number of aldehydes is 1. The van der Waals surface area contributed by atoms with Gasteiger partial charge in [0.25, 0.3) is 6.47 Å². The van der Waals surface area contributed by atoms with Crippen LogP contribution in [0.3, 0.4) is 0 Å². The van der Waals surface area contributed by atoms with Gasteiger partial charge in [0.15, 0.2) is 31.7 Å². The number of fused-ring (bicyclic) bond motifs is 3. The summed E-state index contributed by atoms with van der Waals surface area (Å²) >= 11 is 18.4. The van der Waals surface area contributed by atoms with Gasteiger partial charge in [-0.05, 0) is 151 Å². The van der Waals surface area contributed by atoms with Crippen molar-refractivity contribution in [1.29, 1.82) is 0 Å². The van der Waals surface area contributed by atoms with Gasteiger partial charge in [-0.2, -0.15) is 0 Å². The molecule has 4 N–H and O–H groups in total. The second kappa shape index (κ2) is 55.5. The molecule has 4 aliphatic rings. The molecule has 0 bridgehead atoms. The molecule has 8 aromatic rings. The van der Waals surface area contributed by atoms with Crippen molar-refractivity contribution in [1.82, 2.24) is 28.2 Å². The monoisotopic (exact) mass is 1780 g/mol. The predicted octanol–water partition coefficient (Wildman–Crippen LogP) is 7.20. The van der Waals surface area contributed by atoms with Gasteiger partial charge in [0.2, 0.25) is 0 Å². The zero-order chi connectivity index (χ0) is 72.7. The fourth-order valence-electron chi connectivity index (χ4n) is 12.8. The molecule has 4 saturated carbocycles. The number of Topliss-reactive ketones (excluding diaryl/α,β-unsaturated/α-hetero) is 2. The number of hydrogen-bond donors (Lipinski definition) is 3. The molecule has 6 heterocycles. The number of rotatable bonds is 15. The van der Waals surface area contributed by atoms with Crippen LogP contribution < -0.4 is 168 Å². The Morgan fingerprint density at radius 2 is 0.990 bits per heavy atom. The minimum absolute atomic E-state index is 0. The molecule has 12 rings (SSSR count). The van der Waals surface area contributed by atoms with E-state index >= 15 is 0 Å². The molecular weight excluding hydrogens is 1670 g/mol. The number of ketones is 2. The van der Waals surface area contributed by atoms with Crippen LogP contribution in [0.25, 0.3) is 16.6 Å².